The van der Waals surface area contributed by atoms with Gasteiger partial charge < -0.3 is 9.72 Å². The summed E-state index contributed by atoms with van der Waals surface area (Å²) in [4.78, 5) is 14.8. The van der Waals surface area contributed by atoms with Crippen molar-refractivity contribution in [1.82, 2.24) is 9.55 Å². The first kappa shape index (κ1) is 16.6. The summed E-state index contributed by atoms with van der Waals surface area (Å²) in [5.74, 6) is 1.42. The molecule has 2 unspecified atom stereocenters. The number of hydrogen-bond donors (Lipinski definition) is 1. The standard InChI is InChI=1S/C24H19FN2O2/c1-27-22-7-2-13(9-21(22)26-24(27)28)8-19-16-5-3-14-10-18(14)20(16)12-29-23-11-15(25)4-6-17(19)23/h2-9,11,14,18H,10,12H2,1H3,(H,26,28)/b19-8+. The van der Waals surface area contributed by atoms with E-state index in [0.717, 1.165) is 34.2 Å². The van der Waals surface area contributed by atoms with Crippen molar-refractivity contribution in [3.05, 3.63) is 87.1 Å². The Morgan fingerprint density at radius 2 is 2.14 bits per heavy atom. The third-order valence-corrected chi connectivity index (χ3v) is 6.29. The van der Waals surface area contributed by atoms with Crippen molar-refractivity contribution >= 4 is 22.7 Å². The molecule has 29 heavy (non-hydrogen) atoms. The topological polar surface area (TPSA) is 47.0 Å². The van der Waals surface area contributed by atoms with Gasteiger partial charge in [0.05, 0.1) is 11.0 Å². The highest BCUT2D eigenvalue weighted by Gasteiger charge is 2.42. The second-order valence-corrected chi connectivity index (χ2v) is 8.06. The van der Waals surface area contributed by atoms with Gasteiger partial charge in [-0.3, -0.25) is 4.57 Å². The van der Waals surface area contributed by atoms with Gasteiger partial charge in [0.25, 0.3) is 0 Å². The highest BCUT2D eigenvalue weighted by atomic mass is 19.1. The van der Waals surface area contributed by atoms with Crippen molar-refractivity contribution < 1.29 is 9.13 Å². The van der Waals surface area contributed by atoms with Gasteiger partial charge in [0.15, 0.2) is 0 Å². The van der Waals surface area contributed by atoms with E-state index >= 15 is 0 Å². The Morgan fingerprint density at radius 3 is 3.03 bits per heavy atom. The Kier molecular flexibility index (Phi) is 3.34. The molecule has 0 spiro atoms. The molecular weight excluding hydrogens is 367 g/mol. The molecular formula is C24H19FN2O2. The lowest BCUT2D eigenvalue weighted by atomic mass is 9.88. The summed E-state index contributed by atoms with van der Waals surface area (Å²) in [6.45, 7) is 0.500. The van der Waals surface area contributed by atoms with Crippen LogP contribution in [0, 0.1) is 17.7 Å². The van der Waals surface area contributed by atoms with Crippen LogP contribution in [0.1, 0.15) is 17.5 Å². The fourth-order valence-electron chi connectivity index (χ4n) is 4.61. The van der Waals surface area contributed by atoms with E-state index in [2.05, 4.69) is 23.2 Å². The normalized spacial score (nSPS) is 23.4. The second-order valence-electron chi connectivity index (χ2n) is 8.06. The lowest BCUT2D eigenvalue weighted by Crippen LogP contribution is -2.11. The molecule has 5 heteroatoms. The molecule has 4 nitrogen and oxygen atoms in total. The van der Waals surface area contributed by atoms with Crippen LogP contribution in [0.2, 0.25) is 0 Å². The molecule has 0 amide bonds. The predicted molar refractivity (Wildman–Crippen MR) is 111 cm³/mol. The van der Waals surface area contributed by atoms with Crippen LogP contribution < -0.4 is 10.4 Å². The fraction of sp³-hybridized carbons (Fsp3) is 0.208. The van der Waals surface area contributed by atoms with Gasteiger partial charge in [0.1, 0.15) is 18.2 Å². The van der Waals surface area contributed by atoms with Gasteiger partial charge in [-0.1, -0.05) is 18.2 Å². The molecule has 0 radical (unpaired) electrons. The molecule has 0 bridgehead atoms. The van der Waals surface area contributed by atoms with Crippen LogP contribution in [-0.2, 0) is 7.05 Å². The van der Waals surface area contributed by atoms with Crippen LogP contribution in [0.15, 0.2) is 64.5 Å². The monoisotopic (exact) mass is 386 g/mol. The van der Waals surface area contributed by atoms with Crippen LogP contribution in [-0.4, -0.2) is 16.2 Å². The van der Waals surface area contributed by atoms with Crippen molar-refractivity contribution in [2.45, 2.75) is 6.42 Å². The third-order valence-electron chi connectivity index (χ3n) is 6.29. The Bertz CT molecular complexity index is 1340. The lowest BCUT2D eigenvalue weighted by molar-refractivity contribution is 0.343. The predicted octanol–water partition coefficient (Wildman–Crippen LogP) is 4.44. The number of imidazole rings is 1. The number of halogens is 1. The van der Waals surface area contributed by atoms with Gasteiger partial charge in [-0.25, -0.2) is 9.18 Å². The summed E-state index contributed by atoms with van der Waals surface area (Å²) in [6, 6.07) is 10.7. The molecule has 2 aliphatic carbocycles. The fourth-order valence-corrected chi connectivity index (χ4v) is 4.61. The summed E-state index contributed by atoms with van der Waals surface area (Å²) in [6.07, 6.45) is 7.75. The average Bonchev–Trinajstić information content (AvgIpc) is 3.46. The van der Waals surface area contributed by atoms with E-state index in [1.807, 2.05) is 18.2 Å². The minimum Gasteiger partial charge on any atom is -0.488 e. The summed E-state index contributed by atoms with van der Waals surface area (Å²) in [5, 5.41) is 0. The maximum Gasteiger partial charge on any atom is 0.326 e. The van der Waals surface area contributed by atoms with E-state index in [-0.39, 0.29) is 11.5 Å². The molecule has 6 rings (SSSR count). The molecule has 144 valence electrons. The number of nitrogens with one attached hydrogen (secondary N) is 1. The number of benzene rings is 2. The van der Waals surface area contributed by atoms with Crippen LogP contribution in [0.4, 0.5) is 4.39 Å². The first-order valence-electron chi connectivity index (χ1n) is 9.83. The van der Waals surface area contributed by atoms with Crippen LogP contribution >= 0.6 is 0 Å². The number of hydrogen-bond acceptors (Lipinski definition) is 2. The quantitative estimate of drug-likeness (QED) is 0.672. The number of ether oxygens (including phenoxy) is 1. The van der Waals surface area contributed by atoms with Gasteiger partial charge in [0.2, 0.25) is 0 Å². The summed E-state index contributed by atoms with van der Waals surface area (Å²) < 4.78 is 21.5. The Labute approximate surface area is 166 Å². The van der Waals surface area contributed by atoms with E-state index in [4.69, 9.17) is 4.74 Å². The van der Waals surface area contributed by atoms with Crippen molar-refractivity contribution in [3.63, 3.8) is 0 Å². The van der Waals surface area contributed by atoms with Gasteiger partial charge in [-0.15, -0.1) is 0 Å². The van der Waals surface area contributed by atoms with E-state index in [9.17, 15) is 9.18 Å². The molecule has 2 atom stereocenters. The molecule has 1 aromatic heterocycles. The van der Waals surface area contributed by atoms with Crippen LogP contribution in [0.3, 0.4) is 0 Å². The first-order valence-corrected chi connectivity index (χ1v) is 9.83. The van der Waals surface area contributed by atoms with E-state index in [0.29, 0.717) is 24.2 Å². The molecule has 3 aliphatic rings. The van der Waals surface area contributed by atoms with E-state index in [1.165, 1.54) is 23.3 Å². The van der Waals surface area contributed by atoms with Crippen molar-refractivity contribution in [2.24, 2.45) is 18.9 Å². The summed E-state index contributed by atoms with van der Waals surface area (Å²) >= 11 is 0. The van der Waals surface area contributed by atoms with Crippen molar-refractivity contribution in [2.75, 3.05) is 6.61 Å². The molecule has 0 saturated heterocycles. The zero-order chi connectivity index (χ0) is 19.7. The Balaban J connectivity index is 1.57. The van der Waals surface area contributed by atoms with E-state index in [1.54, 1.807) is 17.7 Å². The van der Waals surface area contributed by atoms with Gasteiger partial charge >= 0.3 is 5.69 Å². The highest BCUT2D eigenvalue weighted by molar-refractivity contribution is 5.97. The third kappa shape index (κ3) is 2.54. The van der Waals surface area contributed by atoms with Gasteiger partial charge in [-0.05, 0) is 70.9 Å². The number of nitrogens with zero attached hydrogens (tertiary/aromatic N) is 1. The van der Waals surface area contributed by atoms with Crippen LogP contribution in [0.25, 0.3) is 22.7 Å². The molecule has 1 N–H and O–H groups in total. The summed E-state index contributed by atoms with van der Waals surface area (Å²) in [5.41, 5.74) is 6.91. The molecule has 2 heterocycles. The van der Waals surface area contributed by atoms with Crippen molar-refractivity contribution in [1.29, 1.82) is 0 Å². The average molecular weight is 386 g/mol. The van der Waals surface area contributed by atoms with E-state index < -0.39 is 0 Å². The summed E-state index contributed by atoms with van der Waals surface area (Å²) in [7, 11) is 1.75. The maximum atomic E-state index is 13.9. The largest absolute Gasteiger partial charge is 0.488 e. The number of fused-ring (bicyclic) bond motifs is 4. The Hall–Kier alpha value is -3.34. The smallest absolute Gasteiger partial charge is 0.326 e. The zero-order valence-electron chi connectivity index (χ0n) is 15.9. The molecule has 2 aromatic carbocycles. The molecule has 3 aromatic rings. The first-order chi connectivity index (χ1) is 14.1. The van der Waals surface area contributed by atoms with Gasteiger partial charge in [0, 0.05) is 18.7 Å². The number of aromatic nitrogens is 2. The minimum absolute atomic E-state index is 0.131. The lowest BCUT2D eigenvalue weighted by Gasteiger charge is -2.15. The number of aryl methyl sites for hydroxylation is 1. The number of aromatic amines is 1. The SMILES string of the molecule is Cn1c(=O)[nH]c2cc(/C=C3\C4=C(COc5cc(F)ccc53)C3CC3C=C4)ccc21. The van der Waals surface area contributed by atoms with Crippen LogP contribution in [0.5, 0.6) is 5.75 Å². The molecule has 1 fully saturated rings. The van der Waals surface area contributed by atoms with Gasteiger partial charge in [-0.2, -0.15) is 0 Å². The minimum atomic E-state index is -0.300. The Morgan fingerprint density at radius 1 is 1.24 bits per heavy atom. The number of H-pyrrole nitrogens is 1. The maximum absolute atomic E-state index is 13.9. The second kappa shape index (κ2) is 5.83. The highest BCUT2D eigenvalue weighted by Crippen LogP contribution is 2.53. The molecule has 1 saturated carbocycles. The number of rotatable bonds is 1. The molecule has 1 aliphatic heterocycles. The zero-order valence-corrected chi connectivity index (χ0v) is 15.9. The van der Waals surface area contributed by atoms with Crippen molar-refractivity contribution in [3.8, 4) is 5.75 Å². The number of allylic oxidation sites excluding steroid dienone is 4.